The number of carbonyl (C=O) groups is 2. The maximum Gasteiger partial charge on any atom is 0.247 e. The molecule has 0 bridgehead atoms. The number of nitrogens with zero attached hydrogens (tertiary/aromatic N) is 1. The van der Waals surface area contributed by atoms with Crippen LogP contribution in [-0.4, -0.2) is 58.5 Å². The van der Waals surface area contributed by atoms with Crippen molar-refractivity contribution in [1.29, 1.82) is 0 Å². The van der Waals surface area contributed by atoms with Crippen LogP contribution in [0.3, 0.4) is 0 Å². The Morgan fingerprint density at radius 3 is 2.57 bits per heavy atom. The van der Waals surface area contributed by atoms with E-state index in [9.17, 15) is 9.59 Å². The molecule has 0 saturated carbocycles. The number of carbonyl (C=O) groups excluding carboxylic acids is 2. The van der Waals surface area contributed by atoms with E-state index in [1.165, 1.54) is 0 Å². The summed E-state index contributed by atoms with van der Waals surface area (Å²) in [7, 11) is 1.89. The molecule has 0 spiro atoms. The molecule has 6 nitrogen and oxygen atoms in total. The lowest BCUT2D eigenvalue weighted by Gasteiger charge is -2.30. The molecule has 1 aliphatic heterocycles. The Morgan fingerprint density at radius 2 is 2.04 bits per heavy atom. The second-order valence-electron chi connectivity index (χ2n) is 8.14. The van der Waals surface area contributed by atoms with E-state index in [-0.39, 0.29) is 28.8 Å². The average Bonchev–Trinajstić information content (AvgIpc) is 2.90. The number of rotatable bonds is 10. The molecule has 1 heterocycles. The molecule has 1 rings (SSSR count). The van der Waals surface area contributed by atoms with Crippen LogP contribution in [0.5, 0.6) is 0 Å². The number of likely N-dealkylation sites (tertiary alicyclic amines) is 1. The van der Waals surface area contributed by atoms with Gasteiger partial charge in [0.1, 0.15) is 6.04 Å². The largest absolute Gasteiger partial charge is 0.376 e. The monoisotopic (exact) mass is 428 g/mol. The fraction of sp³-hybridized carbons (Fsp3) is 0.750. The Kier molecular flexibility index (Phi) is 9.94. The SMILES string of the molecule is C/C=C(\C)NC(=O)C1N(C=O)[C@@H](SCCC(C)NC(=S)[C@H](C)NC)CC1(C)C. The predicted octanol–water partition coefficient (Wildman–Crippen LogP) is 2.65. The molecule has 4 atom stereocenters. The minimum atomic E-state index is -0.461. The number of allylic oxidation sites excluding steroid dienone is 2. The number of amides is 2. The molecule has 0 aromatic heterocycles. The molecule has 3 N–H and O–H groups in total. The van der Waals surface area contributed by atoms with Crippen molar-refractivity contribution in [2.24, 2.45) is 5.41 Å². The van der Waals surface area contributed by atoms with E-state index in [2.05, 4.69) is 36.7 Å². The van der Waals surface area contributed by atoms with Gasteiger partial charge in [0, 0.05) is 11.7 Å². The summed E-state index contributed by atoms with van der Waals surface area (Å²) in [6.45, 7) is 12.0. The van der Waals surface area contributed by atoms with E-state index < -0.39 is 6.04 Å². The van der Waals surface area contributed by atoms with Crippen LogP contribution >= 0.6 is 24.0 Å². The fourth-order valence-electron chi connectivity index (χ4n) is 3.29. The highest BCUT2D eigenvalue weighted by Crippen LogP contribution is 2.43. The molecule has 0 aromatic rings. The molecule has 2 unspecified atom stereocenters. The second kappa shape index (κ2) is 11.2. The maximum atomic E-state index is 12.7. The van der Waals surface area contributed by atoms with Crippen LogP contribution in [0.25, 0.3) is 0 Å². The standard InChI is InChI=1S/C20H36N4O2S2/c1-8-13(2)22-18(26)17-20(5,6)11-16(24(17)12-25)28-10-9-14(3)23-19(27)15(4)21-7/h8,12,14-17,21H,9-11H2,1-7H3,(H,22,26)(H,23,27)/b13-8+/t14?,15-,16-,17?/m0/s1. The van der Waals surface area contributed by atoms with E-state index in [0.29, 0.717) is 0 Å². The molecule has 1 saturated heterocycles. The van der Waals surface area contributed by atoms with Gasteiger partial charge in [-0.1, -0.05) is 32.1 Å². The van der Waals surface area contributed by atoms with Crippen LogP contribution in [0.1, 0.15) is 54.4 Å². The Balaban J connectivity index is 2.65. The highest BCUT2D eigenvalue weighted by molar-refractivity contribution is 7.99. The Labute approximate surface area is 179 Å². The van der Waals surface area contributed by atoms with Crippen molar-refractivity contribution in [1.82, 2.24) is 20.9 Å². The molecule has 0 radical (unpaired) electrons. The van der Waals surface area contributed by atoms with Crippen molar-refractivity contribution in [2.45, 2.75) is 77.9 Å². The van der Waals surface area contributed by atoms with Gasteiger partial charge in [-0.2, -0.15) is 0 Å². The first-order valence-electron chi connectivity index (χ1n) is 9.83. The molecule has 8 heteroatoms. The van der Waals surface area contributed by atoms with Gasteiger partial charge in [0.15, 0.2) is 0 Å². The zero-order valence-electron chi connectivity index (χ0n) is 18.2. The number of nitrogens with one attached hydrogen (secondary N) is 3. The Bertz CT molecular complexity index is 595. The molecule has 1 fully saturated rings. The number of hydrogen-bond donors (Lipinski definition) is 3. The summed E-state index contributed by atoms with van der Waals surface area (Å²) in [6.07, 6.45) is 4.40. The van der Waals surface area contributed by atoms with Crippen molar-refractivity contribution in [3.8, 4) is 0 Å². The first-order valence-corrected chi connectivity index (χ1v) is 11.3. The van der Waals surface area contributed by atoms with E-state index in [4.69, 9.17) is 12.2 Å². The zero-order chi connectivity index (χ0) is 21.5. The number of hydrogen-bond acceptors (Lipinski definition) is 5. The summed E-state index contributed by atoms with van der Waals surface area (Å²) >= 11 is 7.12. The van der Waals surface area contributed by atoms with Gasteiger partial charge < -0.3 is 20.9 Å². The second-order valence-corrected chi connectivity index (χ2v) is 9.87. The molecular formula is C20H36N4O2S2. The predicted molar refractivity (Wildman–Crippen MR) is 122 cm³/mol. The van der Waals surface area contributed by atoms with Crippen LogP contribution < -0.4 is 16.0 Å². The highest BCUT2D eigenvalue weighted by Gasteiger charge is 2.49. The molecule has 160 valence electrons. The molecule has 2 amide bonds. The topological polar surface area (TPSA) is 73.5 Å². The zero-order valence-corrected chi connectivity index (χ0v) is 19.8. The van der Waals surface area contributed by atoms with Crippen molar-refractivity contribution < 1.29 is 9.59 Å². The summed E-state index contributed by atoms with van der Waals surface area (Å²) in [6, 6.07) is -0.0606. The number of thiocarbonyl (C=S) groups is 1. The van der Waals surface area contributed by atoms with Crippen molar-refractivity contribution in [3.05, 3.63) is 11.8 Å². The van der Waals surface area contributed by atoms with Crippen LogP contribution in [-0.2, 0) is 9.59 Å². The van der Waals surface area contributed by atoms with Gasteiger partial charge in [-0.25, -0.2) is 0 Å². The lowest BCUT2D eigenvalue weighted by Crippen LogP contribution is -2.49. The average molecular weight is 429 g/mol. The van der Waals surface area contributed by atoms with Crippen LogP contribution in [0.2, 0.25) is 0 Å². The quantitative estimate of drug-likeness (QED) is 0.367. The summed E-state index contributed by atoms with van der Waals surface area (Å²) in [4.78, 5) is 27.1. The van der Waals surface area contributed by atoms with Gasteiger partial charge in [0.05, 0.1) is 16.4 Å². The third kappa shape index (κ3) is 6.74. The Hall–Kier alpha value is -1.12. The van der Waals surface area contributed by atoms with Gasteiger partial charge >= 0.3 is 0 Å². The van der Waals surface area contributed by atoms with Crippen LogP contribution in [0.4, 0.5) is 0 Å². The van der Waals surface area contributed by atoms with E-state index in [0.717, 1.165) is 35.7 Å². The normalized spacial score (nSPS) is 23.8. The van der Waals surface area contributed by atoms with Gasteiger partial charge in [0.25, 0.3) is 0 Å². The van der Waals surface area contributed by atoms with Gasteiger partial charge in [-0.15, -0.1) is 11.8 Å². The number of likely N-dealkylation sites (N-methyl/N-ethyl adjacent to an activating group) is 1. The molecule has 0 aromatic carbocycles. The minimum Gasteiger partial charge on any atom is -0.376 e. The van der Waals surface area contributed by atoms with Crippen molar-refractivity contribution >= 4 is 41.3 Å². The molecule has 0 aliphatic carbocycles. The molecular weight excluding hydrogens is 392 g/mol. The third-order valence-electron chi connectivity index (χ3n) is 5.27. The first kappa shape index (κ1) is 24.9. The van der Waals surface area contributed by atoms with Gasteiger partial charge in [0.2, 0.25) is 12.3 Å². The minimum absolute atomic E-state index is 0.00421. The van der Waals surface area contributed by atoms with Gasteiger partial charge in [-0.3, -0.25) is 9.59 Å². The Morgan fingerprint density at radius 1 is 1.39 bits per heavy atom. The smallest absolute Gasteiger partial charge is 0.247 e. The number of thioether (sulfide) groups is 1. The summed E-state index contributed by atoms with van der Waals surface area (Å²) in [5, 5.41) is 9.39. The van der Waals surface area contributed by atoms with E-state index in [1.54, 1.807) is 16.7 Å². The van der Waals surface area contributed by atoms with Crippen LogP contribution in [0, 0.1) is 5.41 Å². The molecule has 28 heavy (non-hydrogen) atoms. The third-order valence-corrected chi connectivity index (χ3v) is 7.01. The first-order chi connectivity index (χ1) is 13.1. The van der Waals surface area contributed by atoms with Crippen LogP contribution in [0.15, 0.2) is 11.8 Å². The lowest BCUT2D eigenvalue weighted by molar-refractivity contribution is -0.133. The summed E-state index contributed by atoms with van der Waals surface area (Å²) in [5.74, 6) is 0.773. The lowest BCUT2D eigenvalue weighted by atomic mass is 9.84. The van der Waals surface area contributed by atoms with E-state index in [1.807, 2.05) is 33.9 Å². The van der Waals surface area contributed by atoms with Gasteiger partial charge in [-0.05, 0) is 58.8 Å². The molecule has 1 aliphatic rings. The fourth-order valence-corrected chi connectivity index (χ4v) is 5.26. The van der Waals surface area contributed by atoms with Crippen molar-refractivity contribution in [3.63, 3.8) is 0 Å². The summed E-state index contributed by atoms with van der Waals surface area (Å²) in [5.41, 5.74) is 0.527. The summed E-state index contributed by atoms with van der Waals surface area (Å²) < 4.78 is 0. The van der Waals surface area contributed by atoms with Crippen molar-refractivity contribution in [2.75, 3.05) is 12.8 Å². The highest BCUT2D eigenvalue weighted by atomic mass is 32.2. The van der Waals surface area contributed by atoms with E-state index >= 15 is 0 Å². The maximum absolute atomic E-state index is 12.7.